The van der Waals surface area contributed by atoms with Crippen LogP contribution < -0.4 is 0 Å². The van der Waals surface area contributed by atoms with E-state index in [0.717, 1.165) is 0 Å². The third-order valence-electron chi connectivity index (χ3n) is 1.48. The van der Waals surface area contributed by atoms with Gasteiger partial charge in [0.2, 0.25) is 0 Å². The highest BCUT2D eigenvalue weighted by Gasteiger charge is 1.97. The van der Waals surface area contributed by atoms with Gasteiger partial charge in [0, 0.05) is 18.5 Å². The Hall–Kier alpha value is -1.11. The molecular formula is C8H9AlN2O. The number of hydrogen-bond acceptors (Lipinski definition) is 3. The lowest BCUT2D eigenvalue weighted by Crippen LogP contribution is -1.80. The van der Waals surface area contributed by atoms with Gasteiger partial charge in [-0.05, 0) is 12.1 Å². The Balaban J connectivity index is 0.000000720. The first-order chi connectivity index (χ1) is 5.38. The highest BCUT2D eigenvalue weighted by atomic mass is 27.0. The van der Waals surface area contributed by atoms with Crippen LogP contribution in [0.15, 0.2) is 30.6 Å². The summed E-state index contributed by atoms with van der Waals surface area (Å²) in [6.07, 6.45) is 3.18. The molecule has 3 nitrogen and oxygen atoms in total. The maximum atomic E-state index is 9.27. The van der Waals surface area contributed by atoms with E-state index in [4.69, 9.17) is 0 Å². The molecule has 0 aliphatic heterocycles. The van der Waals surface area contributed by atoms with Crippen LogP contribution in [0.2, 0.25) is 0 Å². The van der Waals surface area contributed by atoms with E-state index >= 15 is 0 Å². The summed E-state index contributed by atoms with van der Waals surface area (Å²) >= 11 is 0. The molecule has 0 aliphatic rings. The summed E-state index contributed by atoms with van der Waals surface area (Å²) in [7, 11) is 0. The maximum absolute atomic E-state index is 9.27. The average molecular weight is 176 g/mol. The smallest absolute Gasteiger partial charge is 0.187 e. The fourth-order valence-corrected chi connectivity index (χ4v) is 0.965. The summed E-state index contributed by atoms with van der Waals surface area (Å²) in [5.41, 5.74) is 1.27. The molecule has 0 saturated heterocycles. The minimum atomic E-state index is 0. The summed E-state index contributed by atoms with van der Waals surface area (Å²) < 4.78 is 0. The molecule has 2 rings (SSSR count). The van der Waals surface area contributed by atoms with Crippen LogP contribution in [-0.2, 0) is 0 Å². The average Bonchev–Trinajstić information content (AvgIpc) is 2.06. The van der Waals surface area contributed by atoms with Crippen molar-refractivity contribution in [1.82, 2.24) is 9.97 Å². The Bertz CT molecular complexity index is 386. The molecule has 60 valence electrons. The molecule has 0 unspecified atom stereocenters. The molecule has 12 heavy (non-hydrogen) atoms. The van der Waals surface area contributed by atoms with E-state index in [2.05, 4.69) is 9.97 Å². The summed E-state index contributed by atoms with van der Waals surface area (Å²) in [5, 5.41) is 9.27. The van der Waals surface area contributed by atoms with Gasteiger partial charge in [0.05, 0.1) is 5.52 Å². The lowest BCUT2D eigenvalue weighted by atomic mass is 10.3. The summed E-state index contributed by atoms with van der Waals surface area (Å²) in [6, 6.07) is 5.12. The number of pyridine rings is 2. The molecule has 2 heterocycles. The third-order valence-corrected chi connectivity index (χ3v) is 1.48. The quantitative estimate of drug-likeness (QED) is 0.581. The Morgan fingerprint density at radius 2 is 1.92 bits per heavy atom. The molecule has 0 radical (unpaired) electrons. The molecule has 0 aliphatic carbocycles. The molecule has 0 spiro atoms. The van der Waals surface area contributed by atoms with Gasteiger partial charge in [0.15, 0.2) is 17.4 Å². The molecule has 0 bridgehead atoms. The van der Waals surface area contributed by atoms with Gasteiger partial charge >= 0.3 is 0 Å². The van der Waals surface area contributed by atoms with Crippen molar-refractivity contribution < 1.29 is 5.11 Å². The van der Waals surface area contributed by atoms with Gasteiger partial charge in [-0.3, -0.25) is 9.97 Å². The molecule has 0 fully saturated rings. The Morgan fingerprint density at radius 1 is 1.08 bits per heavy atom. The van der Waals surface area contributed by atoms with Gasteiger partial charge in [0.25, 0.3) is 0 Å². The van der Waals surface area contributed by atoms with Crippen LogP contribution in [0.1, 0.15) is 0 Å². The van der Waals surface area contributed by atoms with E-state index in [1.165, 1.54) is 6.07 Å². The molecule has 1 N–H and O–H groups in total. The lowest BCUT2D eigenvalue weighted by molar-refractivity contribution is 0.480. The minimum absolute atomic E-state index is 0. The second-order valence-corrected chi connectivity index (χ2v) is 2.20. The van der Waals surface area contributed by atoms with E-state index in [-0.39, 0.29) is 23.1 Å². The second-order valence-electron chi connectivity index (χ2n) is 2.20. The van der Waals surface area contributed by atoms with Gasteiger partial charge in [-0.2, -0.15) is 0 Å². The van der Waals surface area contributed by atoms with Crippen LogP contribution in [0.25, 0.3) is 11.0 Å². The topological polar surface area (TPSA) is 46.0 Å². The van der Waals surface area contributed by atoms with Crippen LogP contribution in [0.4, 0.5) is 0 Å². The zero-order chi connectivity index (χ0) is 7.68. The van der Waals surface area contributed by atoms with Crippen molar-refractivity contribution >= 4 is 28.4 Å². The van der Waals surface area contributed by atoms with E-state index < -0.39 is 0 Å². The number of aromatic hydroxyl groups is 1. The van der Waals surface area contributed by atoms with Crippen molar-refractivity contribution in [2.45, 2.75) is 0 Å². The number of aromatic nitrogens is 2. The largest absolute Gasteiger partial charge is 0.506 e. The van der Waals surface area contributed by atoms with E-state index in [0.29, 0.717) is 11.0 Å². The van der Waals surface area contributed by atoms with Gasteiger partial charge in [-0.25, -0.2) is 0 Å². The van der Waals surface area contributed by atoms with Gasteiger partial charge < -0.3 is 5.11 Å². The van der Waals surface area contributed by atoms with Crippen molar-refractivity contribution in [2.24, 2.45) is 0 Å². The van der Waals surface area contributed by atoms with Gasteiger partial charge in [-0.1, -0.05) is 0 Å². The zero-order valence-corrected chi connectivity index (χ0v) is 5.73. The number of nitrogens with zero attached hydrogens (tertiary/aromatic N) is 2. The van der Waals surface area contributed by atoms with Crippen molar-refractivity contribution in [3.05, 3.63) is 30.6 Å². The first-order valence-corrected chi connectivity index (χ1v) is 3.26. The normalized spacial score (nSPS) is 9.33. The SMILES string of the molecule is Oc1ccnc2cccnc12.[AlH3]. The molecule has 0 aromatic carbocycles. The first kappa shape index (κ1) is 8.98. The predicted molar refractivity (Wildman–Crippen MR) is 51.1 cm³/mol. The first-order valence-electron chi connectivity index (χ1n) is 3.26. The van der Waals surface area contributed by atoms with Crippen LogP contribution >= 0.6 is 0 Å². The van der Waals surface area contributed by atoms with Gasteiger partial charge in [-0.15, -0.1) is 0 Å². The van der Waals surface area contributed by atoms with E-state index in [1.54, 1.807) is 18.5 Å². The molecule has 2 aromatic rings. The fraction of sp³-hybridized carbons (Fsp3) is 0. The molecule has 0 amide bonds. The van der Waals surface area contributed by atoms with Crippen LogP contribution in [0.3, 0.4) is 0 Å². The Kier molecular flexibility index (Phi) is 2.64. The highest BCUT2D eigenvalue weighted by Crippen LogP contribution is 2.18. The number of fused-ring (bicyclic) bond motifs is 1. The van der Waals surface area contributed by atoms with Gasteiger partial charge in [0.1, 0.15) is 11.3 Å². The lowest BCUT2D eigenvalue weighted by Gasteiger charge is -1.95. The van der Waals surface area contributed by atoms with Crippen LogP contribution in [0, 0.1) is 0 Å². The molecular weight excluding hydrogens is 167 g/mol. The molecule has 0 saturated carbocycles. The monoisotopic (exact) mass is 176 g/mol. The highest BCUT2D eigenvalue weighted by molar-refractivity contribution is 5.79. The molecule has 0 atom stereocenters. The van der Waals surface area contributed by atoms with E-state index in [9.17, 15) is 5.11 Å². The van der Waals surface area contributed by atoms with Crippen molar-refractivity contribution in [3.8, 4) is 5.75 Å². The summed E-state index contributed by atoms with van der Waals surface area (Å²) in [4.78, 5) is 7.99. The Labute approximate surface area is 80.2 Å². The standard InChI is InChI=1S/C8H6N2O.Al.3H/c11-7-3-5-9-6-2-1-4-10-8(6)7;;;;/h1-5H,(H,9,11);;;;. The maximum Gasteiger partial charge on any atom is 0.187 e. The molecule has 2 aromatic heterocycles. The third kappa shape index (κ3) is 1.40. The predicted octanol–water partition coefficient (Wildman–Crippen LogP) is 0.151. The second kappa shape index (κ2) is 3.53. The van der Waals surface area contributed by atoms with Crippen LogP contribution in [0.5, 0.6) is 5.75 Å². The van der Waals surface area contributed by atoms with Crippen molar-refractivity contribution in [1.29, 1.82) is 0 Å². The fourth-order valence-electron chi connectivity index (χ4n) is 0.965. The summed E-state index contributed by atoms with van der Waals surface area (Å²) in [6.45, 7) is 0. The zero-order valence-electron chi connectivity index (χ0n) is 5.73. The minimum Gasteiger partial charge on any atom is -0.506 e. The number of hydrogen-bond donors (Lipinski definition) is 1. The van der Waals surface area contributed by atoms with E-state index in [1.807, 2.05) is 6.07 Å². The van der Waals surface area contributed by atoms with Crippen molar-refractivity contribution in [3.63, 3.8) is 0 Å². The van der Waals surface area contributed by atoms with Crippen LogP contribution in [-0.4, -0.2) is 32.4 Å². The van der Waals surface area contributed by atoms with Crippen molar-refractivity contribution in [2.75, 3.05) is 0 Å². The summed E-state index contributed by atoms with van der Waals surface area (Å²) in [5.74, 6) is 0.176. The number of rotatable bonds is 0. The Morgan fingerprint density at radius 3 is 2.67 bits per heavy atom. The molecule has 4 heteroatoms.